The fraction of sp³-hybridized carbons (Fsp3) is 0.611. The molecule has 0 fully saturated rings. The van der Waals surface area contributed by atoms with Gasteiger partial charge in [0.15, 0.2) is 0 Å². The standard InChI is InChI=1S/C18H29N5.Cu.2F6P/c1-15-17-7-5-8-18(22-17)16(2)21-11-6-13-23(14-9-19)12-4-3-10-20-15;;2*1-7(2,3,4,5)6/h5,7-8H,3-4,6,9-14,19H2,1-2H3;;;/q;+2;2*-1. The van der Waals surface area contributed by atoms with Gasteiger partial charge in [-0.15, -0.1) is 0 Å². The van der Waals surface area contributed by atoms with Crippen molar-refractivity contribution >= 4 is 27.0 Å². The van der Waals surface area contributed by atoms with E-state index in [2.05, 4.69) is 14.9 Å². The van der Waals surface area contributed by atoms with Gasteiger partial charge in [0, 0.05) is 26.2 Å². The Labute approximate surface area is 222 Å². The molecule has 1 aliphatic rings. The smallest absolute Gasteiger partial charge is 2.00 e. The van der Waals surface area contributed by atoms with Crippen LogP contribution in [-0.4, -0.2) is 60.6 Å². The molecule has 1 aliphatic heterocycles. The molecule has 0 amide bonds. The average Bonchev–Trinajstić information content (AvgIpc) is 2.65. The predicted octanol–water partition coefficient (Wildman–Crippen LogP) is 8.91. The fourth-order valence-electron chi connectivity index (χ4n) is 2.75. The van der Waals surface area contributed by atoms with Crippen molar-refractivity contribution in [1.29, 1.82) is 0 Å². The Balaban J connectivity index is 0. The van der Waals surface area contributed by atoms with Gasteiger partial charge in [-0.05, 0) is 58.3 Å². The molecule has 0 atom stereocenters. The van der Waals surface area contributed by atoms with Gasteiger partial charge in [0.2, 0.25) is 0 Å². The van der Waals surface area contributed by atoms with Crippen LogP contribution < -0.4 is 5.73 Å². The largest absolute Gasteiger partial charge is 2.00 e. The number of aliphatic imine (C=N–C) groups is 2. The van der Waals surface area contributed by atoms with E-state index in [0.29, 0.717) is 0 Å². The van der Waals surface area contributed by atoms with Crippen LogP contribution in [0.3, 0.4) is 0 Å². The summed E-state index contributed by atoms with van der Waals surface area (Å²) in [5.41, 5.74) is 9.63. The second-order valence-electron chi connectivity index (χ2n) is 7.95. The Morgan fingerprint density at radius 2 is 1.08 bits per heavy atom. The number of nitrogens with two attached hydrogens (primary N) is 1. The number of hydrogen-bond acceptors (Lipinski definition) is 5. The fourth-order valence-corrected chi connectivity index (χ4v) is 2.75. The van der Waals surface area contributed by atoms with E-state index in [1.165, 1.54) is 0 Å². The Morgan fingerprint density at radius 1 is 0.711 bits per heavy atom. The molecule has 2 heterocycles. The van der Waals surface area contributed by atoms with Crippen molar-refractivity contribution in [1.82, 2.24) is 9.88 Å². The van der Waals surface area contributed by atoms with Gasteiger partial charge in [-0.2, -0.15) is 0 Å². The van der Waals surface area contributed by atoms with E-state index in [9.17, 15) is 50.4 Å². The van der Waals surface area contributed by atoms with Crippen molar-refractivity contribution in [2.75, 3.05) is 39.3 Å². The van der Waals surface area contributed by atoms with Crippen molar-refractivity contribution in [3.8, 4) is 0 Å². The molecule has 231 valence electrons. The molecule has 0 spiro atoms. The van der Waals surface area contributed by atoms with E-state index in [-0.39, 0.29) is 17.1 Å². The van der Waals surface area contributed by atoms with Crippen LogP contribution in [0.15, 0.2) is 28.2 Å². The Kier molecular flexibility index (Phi) is 13.0. The maximum atomic E-state index is 9.87. The second-order valence-corrected chi connectivity index (χ2v) is 11.8. The maximum Gasteiger partial charge on any atom is 2.00 e. The number of fused-ring (bicyclic) bond motifs is 2. The number of pyridine rings is 1. The Bertz CT molecular complexity index is 900. The van der Waals surface area contributed by atoms with E-state index < -0.39 is 15.6 Å². The van der Waals surface area contributed by atoms with Crippen LogP contribution in [0.1, 0.15) is 44.5 Å². The molecule has 0 aromatic carbocycles. The maximum absolute atomic E-state index is 10.7. The molecule has 0 saturated carbocycles. The van der Waals surface area contributed by atoms with Gasteiger partial charge in [-0.3, -0.25) is 9.98 Å². The molecule has 0 saturated heterocycles. The van der Waals surface area contributed by atoms with E-state index in [0.717, 1.165) is 81.3 Å². The Morgan fingerprint density at radius 3 is 1.47 bits per heavy atom. The van der Waals surface area contributed by atoms with E-state index >= 15 is 0 Å². The summed E-state index contributed by atoms with van der Waals surface area (Å²) in [7, 11) is -21.3. The average molecular weight is 669 g/mol. The minimum atomic E-state index is -10.7. The van der Waals surface area contributed by atoms with Crippen molar-refractivity contribution in [2.24, 2.45) is 15.7 Å². The normalized spacial score (nSPS) is 19.8. The first kappa shape index (κ1) is 39.1. The molecule has 5 nitrogen and oxygen atoms in total. The first-order chi connectivity index (χ1) is 16.1. The van der Waals surface area contributed by atoms with Crippen LogP contribution in [0.25, 0.3) is 0 Å². The van der Waals surface area contributed by atoms with Crippen LogP contribution in [0.4, 0.5) is 50.4 Å². The SMILES string of the molecule is CC1=NCCCCN(CCN)CCCN=C(C)c2cccc1n2.F[P-](F)(F)(F)(F)F.F[P-](F)(F)(F)(F)F.[Cu+2]. The van der Waals surface area contributed by atoms with Crippen molar-refractivity contribution in [2.45, 2.75) is 33.1 Å². The van der Waals surface area contributed by atoms with Gasteiger partial charge < -0.3 is 10.6 Å². The molecular weight excluding hydrogens is 640 g/mol. The zero-order valence-corrected chi connectivity index (χ0v) is 22.9. The quantitative estimate of drug-likeness (QED) is 0.195. The summed E-state index contributed by atoms with van der Waals surface area (Å²) < 4.78 is 118. The molecular formula is C18H29CuF12N5P2. The van der Waals surface area contributed by atoms with Crippen LogP contribution in [0, 0.1) is 0 Å². The Hall–Kier alpha value is -1.05. The molecule has 20 heteroatoms. The number of halogens is 12. The zero-order chi connectivity index (χ0) is 29.3. The minimum absolute atomic E-state index is 0. The molecule has 2 rings (SSSR count). The summed E-state index contributed by atoms with van der Waals surface area (Å²) in [5, 5.41) is 0. The summed E-state index contributed by atoms with van der Waals surface area (Å²) in [4.78, 5) is 16.5. The van der Waals surface area contributed by atoms with Gasteiger partial charge in [-0.25, -0.2) is 4.98 Å². The number of hydrogen-bond donors (Lipinski definition) is 1. The molecule has 2 N–H and O–H groups in total. The predicted molar refractivity (Wildman–Crippen MR) is 125 cm³/mol. The third-order valence-electron chi connectivity index (χ3n) is 4.15. The monoisotopic (exact) mass is 668 g/mol. The molecule has 1 radical (unpaired) electrons. The third-order valence-corrected chi connectivity index (χ3v) is 4.15. The zero-order valence-electron chi connectivity index (χ0n) is 20.2. The first-order valence-corrected chi connectivity index (χ1v) is 14.7. The molecule has 1 aromatic heterocycles. The number of nitrogens with zero attached hydrogens (tertiary/aromatic N) is 4. The van der Waals surface area contributed by atoms with Gasteiger partial charge in [0.25, 0.3) is 0 Å². The van der Waals surface area contributed by atoms with Crippen molar-refractivity contribution in [3.05, 3.63) is 29.6 Å². The first-order valence-electron chi connectivity index (χ1n) is 10.7. The third kappa shape index (κ3) is 33.0. The van der Waals surface area contributed by atoms with Crippen LogP contribution in [0.2, 0.25) is 0 Å². The number of rotatable bonds is 2. The van der Waals surface area contributed by atoms with E-state index in [1.54, 1.807) is 0 Å². The van der Waals surface area contributed by atoms with Gasteiger partial charge in [0.1, 0.15) is 0 Å². The molecule has 2 bridgehead atoms. The van der Waals surface area contributed by atoms with Gasteiger partial charge >= 0.3 is 83.0 Å². The minimum Gasteiger partial charge on any atom is 2.00 e. The summed E-state index contributed by atoms with van der Waals surface area (Å²) >= 11 is 0. The summed E-state index contributed by atoms with van der Waals surface area (Å²) in [6.45, 7) is 9.62. The van der Waals surface area contributed by atoms with Gasteiger partial charge in [0.05, 0.1) is 22.8 Å². The van der Waals surface area contributed by atoms with E-state index in [1.807, 2.05) is 32.0 Å². The van der Waals surface area contributed by atoms with Crippen LogP contribution in [0.5, 0.6) is 0 Å². The number of aromatic nitrogens is 1. The summed E-state index contributed by atoms with van der Waals surface area (Å²) in [6, 6.07) is 6.09. The molecule has 0 unspecified atom stereocenters. The van der Waals surface area contributed by atoms with Crippen molar-refractivity contribution in [3.63, 3.8) is 0 Å². The van der Waals surface area contributed by atoms with E-state index in [4.69, 9.17) is 10.7 Å². The second kappa shape index (κ2) is 12.6. The van der Waals surface area contributed by atoms with Crippen molar-refractivity contribution < 1.29 is 67.4 Å². The molecule has 1 aromatic rings. The summed E-state index contributed by atoms with van der Waals surface area (Å²) in [6.07, 6.45) is 3.33. The van der Waals surface area contributed by atoms with Crippen LogP contribution >= 0.6 is 15.6 Å². The van der Waals surface area contributed by atoms with Gasteiger partial charge in [-0.1, -0.05) is 6.07 Å². The molecule has 0 aliphatic carbocycles. The topological polar surface area (TPSA) is 66.9 Å². The molecule has 38 heavy (non-hydrogen) atoms. The summed E-state index contributed by atoms with van der Waals surface area (Å²) in [5.74, 6) is 0. The van der Waals surface area contributed by atoms with Crippen LogP contribution in [-0.2, 0) is 17.1 Å².